The van der Waals surface area contributed by atoms with Gasteiger partial charge in [-0.05, 0) is 17.7 Å². The summed E-state index contributed by atoms with van der Waals surface area (Å²) in [5.41, 5.74) is 4.99. The van der Waals surface area contributed by atoms with Crippen molar-refractivity contribution in [1.29, 1.82) is 0 Å². The van der Waals surface area contributed by atoms with Crippen LogP contribution in [0.2, 0.25) is 0 Å². The molecule has 0 unspecified atom stereocenters. The van der Waals surface area contributed by atoms with Gasteiger partial charge < -0.3 is 9.47 Å². The molecule has 0 aliphatic carbocycles. The van der Waals surface area contributed by atoms with E-state index in [-0.39, 0.29) is 0 Å². The summed E-state index contributed by atoms with van der Waals surface area (Å²) in [7, 11) is 3.23. The van der Waals surface area contributed by atoms with E-state index in [1.807, 2.05) is 36.4 Å². The highest BCUT2D eigenvalue weighted by Crippen LogP contribution is 2.23. The molecule has 27 heavy (non-hydrogen) atoms. The molecule has 138 valence electrons. The highest BCUT2D eigenvalue weighted by Gasteiger charge is 2.03. The van der Waals surface area contributed by atoms with Crippen molar-refractivity contribution >= 4 is 23.8 Å². The van der Waals surface area contributed by atoms with Gasteiger partial charge in [-0.15, -0.1) is 0 Å². The molecule has 3 rings (SSSR count). The first kappa shape index (κ1) is 18.7. The molecule has 1 N–H and O–H groups in total. The highest BCUT2D eigenvalue weighted by molar-refractivity contribution is 7.98. The van der Waals surface area contributed by atoms with E-state index in [1.54, 1.807) is 44.5 Å². The number of thioether (sulfide) groups is 1. The quantitative estimate of drug-likeness (QED) is 0.273. The Morgan fingerprint density at radius 3 is 2.70 bits per heavy atom. The molecule has 0 spiro atoms. The Morgan fingerprint density at radius 1 is 1.07 bits per heavy atom. The lowest BCUT2D eigenvalue weighted by Gasteiger charge is -2.07. The summed E-state index contributed by atoms with van der Waals surface area (Å²) in [6.07, 6.45) is 3.39. The normalized spacial score (nSPS) is 10.7. The molecule has 0 bridgehead atoms. The van der Waals surface area contributed by atoms with Crippen LogP contribution in [0, 0.1) is 0 Å². The molecule has 1 heterocycles. The SMILES string of the molecule is COc1ccc(C=NNc2ccnc(SCc3ccccc3)n2)c(OC)c1. The monoisotopic (exact) mass is 380 g/mol. The second-order valence-corrected chi connectivity index (χ2v) is 6.42. The van der Waals surface area contributed by atoms with E-state index in [0.717, 1.165) is 17.1 Å². The van der Waals surface area contributed by atoms with Gasteiger partial charge in [0, 0.05) is 29.6 Å². The number of methoxy groups -OCH3 is 2. The van der Waals surface area contributed by atoms with E-state index >= 15 is 0 Å². The minimum atomic E-state index is 0.629. The van der Waals surface area contributed by atoms with Crippen LogP contribution in [0.4, 0.5) is 5.82 Å². The Balaban J connectivity index is 1.62. The van der Waals surface area contributed by atoms with Crippen molar-refractivity contribution in [3.05, 3.63) is 71.9 Å². The lowest BCUT2D eigenvalue weighted by Crippen LogP contribution is -1.97. The molecule has 7 heteroatoms. The molecule has 0 atom stereocenters. The van der Waals surface area contributed by atoms with Gasteiger partial charge in [-0.1, -0.05) is 42.1 Å². The Morgan fingerprint density at radius 2 is 1.93 bits per heavy atom. The fourth-order valence-corrected chi connectivity index (χ4v) is 3.07. The van der Waals surface area contributed by atoms with E-state index in [0.29, 0.717) is 16.7 Å². The summed E-state index contributed by atoms with van der Waals surface area (Å²) < 4.78 is 10.5. The van der Waals surface area contributed by atoms with Crippen molar-refractivity contribution in [2.45, 2.75) is 10.9 Å². The second kappa shape index (κ2) is 9.59. The van der Waals surface area contributed by atoms with Crippen LogP contribution >= 0.6 is 11.8 Å². The Labute approximate surface area is 162 Å². The Kier molecular flexibility index (Phi) is 6.65. The van der Waals surface area contributed by atoms with Crippen LogP contribution in [-0.4, -0.2) is 30.4 Å². The van der Waals surface area contributed by atoms with Crippen molar-refractivity contribution in [3.63, 3.8) is 0 Å². The van der Waals surface area contributed by atoms with Crippen molar-refractivity contribution in [1.82, 2.24) is 9.97 Å². The summed E-state index contributed by atoms with van der Waals surface area (Å²) in [5, 5.41) is 4.94. The highest BCUT2D eigenvalue weighted by atomic mass is 32.2. The van der Waals surface area contributed by atoms with Gasteiger partial charge in [0.15, 0.2) is 11.0 Å². The molecule has 0 saturated carbocycles. The summed E-state index contributed by atoms with van der Waals surface area (Å²) in [4.78, 5) is 8.76. The number of nitrogens with one attached hydrogen (secondary N) is 1. The van der Waals surface area contributed by atoms with Crippen LogP contribution in [0.15, 0.2) is 71.1 Å². The van der Waals surface area contributed by atoms with Gasteiger partial charge in [-0.2, -0.15) is 5.10 Å². The maximum absolute atomic E-state index is 5.36. The van der Waals surface area contributed by atoms with Crippen molar-refractivity contribution in [2.75, 3.05) is 19.6 Å². The van der Waals surface area contributed by atoms with E-state index in [9.17, 15) is 0 Å². The number of benzene rings is 2. The largest absolute Gasteiger partial charge is 0.497 e. The predicted molar refractivity (Wildman–Crippen MR) is 109 cm³/mol. The van der Waals surface area contributed by atoms with Gasteiger partial charge in [0.2, 0.25) is 0 Å². The van der Waals surface area contributed by atoms with Crippen molar-refractivity contribution in [2.24, 2.45) is 5.10 Å². The lowest BCUT2D eigenvalue weighted by molar-refractivity contribution is 0.394. The number of ether oxygens (including phenoxy) is 2. The van der Waals surface area contributed by atoms with Crippen LogP contribution in [0.25, 0.3) is 0 Å². The minimum Gasteiger partial charge on any atom is -0.497 e. The minimum absolute atomic E-state index is 0.629. The molecule has 2 aromatic carbocycles. The average Bonchev–Trinajstić information content (AvgIpc) is 2.73. The van der Waals surface area contributed by atoms with E-state index < -0.39 is 0 Å². The summed E-state index contributed by atoms with van der Waals surface area (Å²) in [5.74, 6) is 2.86. The number of hydrogen-bond donors (Lipinski definition) is 1. The zero-order valence-electron chi connectivity index (χ0n) is 15.1. The fraction of sp³-hybridized carbons (Fsp3) is 0.150. The molecular formula is C20H20N4O2S. The van der Waals surface area contributed by atoms with Crippen LogP contribution in [0.5, 0.6) is 11.5 Å². The van der Waals surface area contributed by atoms with Gasteiger partial charge in [0.25, 0.3) is 0 Å². The number of hydrazone groups is 1. The van der Waals surface area contributed by atoms with Gasteiger partial charge in [0.1, 0.15) is 11.5 Å². The molecule has 6 nitrogen and oxygen atoms in total. The molecular weight excluding hydrogens is 360 g/mol. The van der Waals surface area contributed by atoms with Crippen molar-refractivity contribution in [3.8, 4) is 11.5 Å². The first-order chi connectivity index (χ1) is 13.3. The van der Waals surface area contributed by atoms with E-state index in [2.05, 4.69) is 32.6 Å². The topological polar surface area (TPSA) is 68.6 Å². The van der Waals surface area contributed by atoms with Crippen LogP contribution < -0.4 is 14.9 Å². The third-order valence-electron chi connectivity index (χ3n) is 3.67. The third-order valence-corrected chi connectivity index (χ3v) is 4.60. The Bertz CT molecular complexity index is 903. The molecule has 0 saturated heterocycles. The van der Waals surface area contributed by atoms with Gasteiger partial charge >= 0.3 is 0 Å². The second-order valence-electron chi connectivity index (χ2n) is 5.48. The molecule has 1 aromatic heterocycles. The first-order valence-corrected chi connectivity index (χ1v) is 9.28. The first-order valence-electron chi connectivity index (χ1n) is 8.29. The zero-order chi connectivity index (χ0) is 18.9. The smallest absolute Gasteiger partial charge is 0.189 e. The van der Waals surface area contributed by atoms with E-state index in [1.165, 1.54) is 5.56 Å². The summed E-state index contributed by atoms with van der Waals surface area (Å²) in [6, 6.07) is 17.5. The predicted octanol–water partition coefficient (Wildman–Crippen LogP) is 4.23. The maximum Gasteiger partial charge on any atom is 0.189 e. The summed E-state index contributed by atoms with van der Waals surface area (Å²) >= 11 is 1.58. The van der Waals surface area contributed by atoms with Gasteiger partial charge in [0.05, 0.1) is 20.4 Å². The average molecular weight is 380 g/mol. The number of aromatic nitrogens is 2. The molecule has 3 aromatic rings. The number of rotatable bonds is 8. The molecule has 0 fully saturated rings. The zero-order valence-corrected chi connectivity index (χ0v) is 15.9. The molecule has 0 aliphatic rings. The third kappa shape index (κ3) is 5.46. The van der Waals surface area contributed by atoms with Crippen LogP contribution in [-0.2, 0) is 5.75 Å². The molecule has 0 aliphatic heterocycles. The number of hydrogen-bond acceptors (Lipinski definition) is 7. The standard InChI is InChI=1S/C20H20N4O2S/c1-25-17-9-8-16(18(12-17)26-2)13-22-24-19-10-11-21-20(23-19)27-14-15-6-4-3-5-7-15/h3-13H,14H2,1-2H3,(H,21,23,24). The van der Waals surface area contributed by atoms with E-state index in [4.69, 9.17) is 9.47 Å². The van der Waals surface area contributed by atoms with Gasteiger partial charge in [-0.25, -0.2) is 9.97 Å². The molecule has 0 amide bonds. The van der Waals surface area contributed by atoms with Crippen LogP contribution in [0.3, 0.4) is 0 Å². The molecule has 0 radical (unpaired) electrons. The van der Waals surface area contributed by atoms with Crippen molar-refractivity contribution < 1.29 is 9.47 Å². The Hall–Kier alpha value is -3.06. The fourth-order valence-electron chi connectivity index (χ4n) is 2.29. The van der Waals surface area contributed by atoms with Crippen LogP contribution in [0.1, 0.15) is 11.1 Å². The van der Waals surface area contributed by atoms with Gasteiger partial charge in [-0.3, -0.25) is 5.43 Å². The number of nitrogens with zero attached hydrogens (tertiary/aromatic N) is 3. The lowest BCUT2D eigenvalue weighted by atomic mass is 10.2. The summed E-state index contributed by atoms with van der Waals surface area (Å²) in [6.45, 7) is 0. The maximum atomic E-state index is 5.36. The number of anilines is 1.